The van der Waals surface area contributed by atoms with Gasteiger partial charge in [0.05, 0.1) is 7.11 Å². The first-order valence-electron chi connectivity index (χ1n) is 5.05. The molecule has 0 saturated heterocycles. The van der Waals surface area contributed by atoms with Gasteiger partial charge in [0, 0.05) is 18.7 Å². The number of methoxy groups -OCH3 is 1. The molecule has 0 aliphatic carbocycles. The lowest BCUT2D eigenvalue weighted by molar-refractivity contribution is 0.0594. The lowest BCUT2D eigenvalue weighted by Crippen LogP contribution is -2.23. The molecule has 2 rings (SSSR count). The highest BCUT2D eigenvalue weighted by Crippen LogP contribution is 2.20. The van der Waals surface area contributed by atoms with E-state index in [4.69, 9.17) is 0 Å². The highest BCUT2D eigenvalue weighted by atomic mass is 16.5. The summed E-state index contributed by atoms with van der Waals surface area (Å²) in [6, 6.07) is 3.33. The number of nitrogens with zero attached hydrogens (tertiary/aromatic N) is 2. The molecular formula is C11H12N2O3. The summed E-state index contributed by atoms with van der Waals surface area (Å²) in [5, 5.41) is 0. The van der Waals surface area contributed by atoms with Crippen molar-refractivity contribution in [3.05, 3.63) is 29.1 Å². The van der Waals surface area contributed by atoms with Gasteiger partial charge >= 0.3 is 5.97 Å². The number of pyridine rings is 1. The third-order valence-corrected chi connectivity index (χ3v) is 2.61. The van der Waals surface area contributed by atoms with Gasteiger partial charge in [-0.1, -0.05) is 6.07 Å². The number of carbonyl (C=O) groups excluding carboxylic acids is 2. The fourth-order valence-electron chi connectivity index (χ4n) is 1.70. The van der Waals surface area contributed by atoms with Crippen LogP contribution >= 0.6 is 0 Å². The molecule has 0 spiro atoms. The number of amides is 1. The van der Waals surface area contributed by atoms with Crippen LogP contribution in [0, 0.1) is 0 Å². The van der Waals surface area contributed by atoms with Gasteiger partial charge in [-0.3, -0.25) is 4.79 Å². The number of carbonyl (C=O) groups is 2. The van der Waals surface area contributed by atoms with Crippen LogP contribution in [0.25, 0.3) is 0 Å². The zero-order chi connectivity index (χ0) is 11.7. The fraction of sp³-hybridized carbons (Fsp3) is 0.364. The number of rotatable bonds is 2. The molecular weight excluding hydrogens is 208 g/mol. The average Bonchev–Trinajstić information content (AvgIpc) is 2.64. The van der Waals surface area contributed by atoms with Crippen molar-refractivity contribution in [3.63, 3.8) is 0 Å². The van der Waals surface area contributed by atoms with Crippen LogP contribution in [-0.4, -0.2) is 35.4 Å². The predicted molar refractivity (Wildman–Crippen MR) is 56.0 cm³/mol. The molecule has 0 atom stereocenters. The molecule has 5 nitrogen and oxygen atoms in total. The van der Waals surface area contributed by atoms with Crippen molar-refractivity contribution < 1.29 is 14.3 Å². The first-order valence-corrected chi connectivity index (χ1v) is 5.05. The Morgan fingerprint density at radius 2 is 2.31 bits per heavy atom. The number of ether oxygens (including phenoxy) is 1. The summed E-state index contributed by atoms with van der Waals surface area (Å²) >= 11 is 0. The third-order valence-electron chi connectivity index (χ3n) is 2.61. The Labute approximate surface area is 93.0 Å². The molecule has 2 heterocycles. The first kappa shape index (κ1) is 10.6. The van der Waals surface area contributed by atoms with Gasteiger partial charge in [-0.2, -0.15) is 0 Å². The number of esters is 1. The molecule has 1 amide bonds. The van der Waals surface area contributed by atoms with Gasteiger partial charge < -0.3 is 9.64 Å². The Hall–Kier alpha value is -1.91. The molecule has 1 aromatic rings. The van der Waals surface area contributed by atoms with Crippen molar-refractivity contribution in [3.8, 4) is 0 Å². The number of fused-ring (bicyclic) bond motifs is 1. The van der Waals surface area contributed by atoms with E-state index in [1.807, 2.05) is 6.92 Å². The summed E-state index contributed by atoms with van der Waals surface area (Å²) < 4.78 is 4.56. The number of hydrogen-bond donors (Lipinski definition) is 0. The second-order valence-electron chi connectivity index (χ2n) is 3.52. The van der Waals surface area contributed by atoms with E-state index in [1.54, 1.807) is 17.0 Å². The molecule has 0 fully saturated rings. The Balaban J connectivity index is 2.39. The highest BCUT2D eigenvalue weighted by Gasteiger charge is 2.28. The largest absolute Gasteiger partial charge is 0.464 e. The van der Waals surface area contributed by atoms with Gasteiger partial charge in [0.25, 0.3) is 5.91 Å². The molecule has 0 N–H and O–H groups in total. The van der Waals surface area contributed by atoms with Crippen molar-refractivity contribution >= 4 is 11.9 Å². The summed E-state index contributed by atoms with van der Waals surface area (Å²) in [6.07, 6.45) is 0. The maximum atomic E-state index is 11.8. The normalized spacial score (nSPS) is 13.9. The lowest BCUT2D eigenvalue weighted by Gasteiger charge is -2.10. The van der Waals surface area contributed by atoms with Crippen molar-refractivity contribution in [2.75, 3.05) is 13.7 Å². The molecule has 0 unspecified atom stereocenters. The number of aromatic nitrogens is 1. The summed E-state index contributed by atoms with van der Waals surface area (Å²) in [7, 11) is 1.29. The van der Waals surface area contributed by atoms with Crippen LogP contribution in [0.2, 0.25) is 0 Å². The lowest BCUT2D eigenvalue weighted by atomic mass is 10.2. The third kappa shape index (κ3) is 1.54. The molecule has 0 aromatic carbocycles. The summed E-state index contributed by atoms with van der Waals surface area (Å²) in [6.45, 7) is 3.12. The van der Waals surface area contributed by atoms with E-state index in [-0.39, 0.29) is 11.6 Å². The van der Waals surface area contributed by atoms with Gasteiger partial charge in [0.2, 0.25) is 0 Å². The highest BCUT2D eigenvalue weighted by molar-refractivity contribution is 5.98. The molecule has 0 radical (unpaired) electrons. The molecule has 1 aliphatic rings. The van der Waals surface area contributed by atoms with Crippen LogP contribution < -0.4 is 0 Å². The second kappa shape index (κ2) is 3.92. The van der Waals surface area contributed by atoms with Gasteiger partial charge in [-0.05, 0) is 13.0 Å². The standard InChI is InChI=1S/C11H12N2O3/c1-3-13-6-7-4-5-8(11(15)16-2)12-9(7)10(13)14/h4-5H,3,6H2,1-2H3. The number of hydrogen-bond acceptors (Lipinski definition) is 4. The minimum absolute atomic E-state index is 0.122. The van der Waals surface area contributed by atoms with Gasteiger partial charge in [0.15, 0.2) is 0 Å². The second-order valence-corrected chi connectivity index (χ2v) is 3.52. The van der Waals surface area contributed by atoms with Crippen molar-refractivity contribution in [1.29, 1.82) is 0 Å². The van der Waals surface area contributed by atoms with E-state index in [9.17, 15) is 9.59 Å². The Morgan fingerprint density at radius 1 is 1.56 bits per heavy atom. The van der Waals surface area contributed by atoms with E-state index < -0.39 is 5.97 Å². The van der Waals surface area contributed by atoms with Gasteiger partial charge in [-0.15, -0.1) is 0 Å². The van der Waals surface area contributed by atoms with Crippen molar-refractivity contribution in [2.45, 2.75) is 13.5 Å². The zero-order valence-corrected chi connectivity index (χ0v) is 9.19. The van der Waals surface area contributed by atoms with E-state index in [2.05, 4.69) is 9.72 Å². The van der Waals surface area contributed by atoms with E-state index in [1.165, 1.54) is 7.11 Å². The Bertz CT molecular complexity index is 457. The first-order chi connectivity index (χ1) is 7.67. The quantitative estimate of drug-likeness (QED) is 0.693. The van der Waals surface area contributed by atoms with Crippen molar-refractivity contribution in [1.82, 2.24) is 9.88 Å². The summed E-state index contributed by atoms with van der Waals surface area (Å²) in [5.74, 6) is -0.645. The maximum absolute atomic E-state index is 11.8. The minimum atomic E-state index is -0.523. The summed E-state index contributed by atoms with van der Waals surface area (Å²) in [5.41, 5.74) is 1.40. The average molecular weight is 220 g/mol. The van der Waals surface area contributed by atoms with Crippen LogP contribution in [0.5, 0.6) is 0 Å². The topological polar surface area (TPSA) is 59.5 Å². The molecule has 0 bridgehead atoms. The van der Waals surface area contributed by atoms with E-state index in [0.29, 0.717) is 18.8 Å². The van der Waals surface area contributed by atoms with E-state index in [0.717, 1.165) is 5.56 Å². The van der Waals surface area contributed by atoms with Crippen LogP contribution in [0.1, 0.15) is 33.5 Å². The zero-order valence-electron chi connectivity index (χ0n) is 9.19. The van der Waals surface area contributed by atoms with Crippen LogP contribution in [-0.2, 0) is 11.3 Å². The predicted octanol–water partition coefficient (Wildman–Crippen LogP) is 0.844. The molecule has 84 valence electrons. The smallest absolute Gasteiger partial charge is 0.356 e. The minimum Gasteiger partial charge on any atom is -0.464 e. The molecule has 0 saturated carbocycles. The van der Waals surface area contributed by atoms with Crippen LogP contribution in [0.15, 0.2) is 12.1 Å². The maximum Gasteiger partial charge on any atom is 0.356 e. The summed E-state index contributed by atoms with van der Waals surface area (Å²) in [4.78, 5) is 28.8. The van der Waals surface area contributed by atoms with E-state index >= 15 is 0 Å². The molecule has 16 heavy (non-hydrogen) atoms. The Morgan fingerprint density at radius 3 is 2.94 bits per heavy atom. The van der Waals surface area contributed by atoms with Gasteiger partial charge in [0.1, 0.15) is 11.4 Å². The Kier molecular flexibility index (Phi) is 2.60. The van der Waals surface area contributed by atoms with Crippen LogP contribution in [0.4, 0.5) is 0 Å². The van der Waals surface area contributed by atoms with Crippen LogP contribution in [0.3, 0.4) is 0 Å². The monoisotopic (exact) mass is 220 g/mol. The molecule has 1 aromatic heterocycles. The molecule has 1 aliphatic heterocycles. The SMILES string of the molecule is CCN1Cc2ccc(C(=O)OC)nc2C1=O. The van der Waals surface area contributed by atoms with Gasteiger partial charge in [-0.25, -0.2) is 9.78 Å². The van der Waals surface area contributed by atoms with Crippen molar-refractivity contribution in [2.24, 2.45) is 0 Å². The fourth-order valence-corrected chi connectivity index (χ4v) is 1.70. The molecule has 5 heteroatoms.